The fourth-order valence-electron chi connectivity index (χ4n) is 3.34. The predicted molar refractivity (Wildman–Crippen MR) is 194 cm³/mol. The van der Waals surface area contributed by atoms with E-state index in [-0.39, 0.29) is 68.3 Å². The van der Waals surface area contributed by atoms with Gasteiger partial charge in [-0.15, -0.1) is 0 Å². The number of carbonyl (C=O) groups is 5. The first kappa shape index (κ1) is 87.2. The molecule has 4 radical (unpaired) electrons. The number of rotatable bonds is 25. The van der Waals surface area contributed by atoms with E-state index in [9.17, 15) is 24.0 Å². The van der Waals surface area contributed by atoms with Crippen molar-refractivity contribution in [1.82, 2.24) is 0 Å². The van der Waals surface area contributed by atoms with Gasteiger partial charge in [-0.3, -0.25) is 0 Å². The molecule has 0 aromatic rings. The van der Waals surface area contributed by atoms with Crippen LogP contribution in [0.25, 0.3) is 0 Å². The summed E-state index contributed by atoms with van der Waals surface area (Å²) in [5.74, 6) is -8.63. The van der Waals surface area contributed by atoms with E-state index < -0.39 is 185 Å². The molecule has 0 aliphatic heterocycles. The minimum Gasteiger partial charge on any atom is -0.479 e. The maximum Gasteiger partial charge on any atom is 0.335 e. The number of hydrogen-bond donors (Lipinski definition) is 30. The SMILES string of the molecule is O=C(O)[C@H](O)[C@@H](O)[C@H](O)[C@H](O)CO.O=C(O)[C@H](O)[C@@H](O)[C@H](O)[C@H](O)CO.O=C(O)[C@H](O)[C@@H](O)[C@H](O)[C@H](O)CO.O=C(O)[C@H](O)[C@@H](O)[C@H](O)[C@H](O)CO.O=C(O)[C@H](O)[C@@H](O)[C@H](O)[C@H](O)CO.[Cu].[Cu].[Cu].[Cu]. The Morgan fingerprint density at radius 3 is 0.362 bits per heavy atom. The zero-order valence-corrected chi connectivity index (χ0v) is 38.0. The van der Waals surface area contributed by atoms with Crippen LogP contribution in [0, 0.1) is 0 Å². The van der Waals surface area contributed by atoms with E-state index in [2.05, 4.69) is 0 Å². The molecular formula is C30H60Cu4O35. The Hall–Kier alpha value is -1.57. The van der Waals surface area contributed by atoms with Gasteiger partial charge in [0.05, 0.1) is 33.0 Å². The van der Waals surface area contributed by atoms with Gasteiger partial charge in [-0.2, -0.15) is 0 Å². The molecule has 39 heteroatoms. The summed E-state index contributed by atoms with van der Waals surface area (Å²) in [5, 5.41) is 259. The van der Waals surface area contributed by atoms with Crippen molar-refractivity contribution in [2.45, 2.75) is 122 Å². The first-order chi connectivity index (χ1) is 29.6. The van der Waals surface area contributed by atoms with Crippen molar-refractivity contribution in [3.8, 4) is 0 Å². The van der Waals surface area contributed by atoms with Gasteiger partial charge in [0.2, 0.25) is 0 Å². The van der Waals surface area contributed by atoms with Gasteiger partial charge >= 0.3 is 29.8 Å². The molecule has 0 saturated heterocycles. The second-order valence-corrected chi connectivity index (χ2v) is 12.6. The molecule has 35 nitrogen and oxygen atoms in total. The Morgan fingerprint density at radius 1 is 0.217 bits per heavy atom. The number of aliphatic carboxylic acids is 5. The number of aliphatic hydroxyl groups is 25. The van der Waals surface area contributed by atoms with Crippen molar-refractivity contribution in [2.24, 2.45) is 0 Å². The molecule has 30 N–H and O–H groups in total. The molecule has 0 unspecified atom stereocenters. The average molecular weight is 1230 g/mol. The summed E-state index contributed by atoms with van der Waals surface area (Å²) in [4.78, 5) is 50.5. The fraction of sp³-hybridized carbons (Fsp3) is 0.833. The molecular weight excluding hydrogens is 1170 g/mol. The topological polar surface area (TPSA) is 692 Å². The maximum atomic E-state index is 10.1. The van der Waals surface area contributed by atoms with Crippen LogP contribution in [0.2, 0.25) is 0 Å². The first-order valence-electron chi connectivity index (χ1n) is 17.4. The van der Waals surface area contributed by atoms with E-state index in [1.165, 1.54) is 0 Å². The Balaban J connectivity index is -0.0000000918. The molecule has 69 heavy (non-hydrogen) atoms. The van der Waals surface area contributed by atoms with Crippen LogP contribution < -0.4 is 0 Å². The second-order valence-electron chi connectivity index (χ2n) is 12.6. The zero-order chi connectivity index (χ0) is 53.0. The van der Waals surface area contributed by atoms with Gasteiger partial charge in [0.25, 0.3) is 0 Å². The molecule has 0 bridgehead atoms. The Morgan fingerprint density at radius 2 is 0.304 bits per heavy atom. The van der Waals surface area contributed by atoms with E-state index in [0.29, 0.717) is 0 Å². The summed E-state index contributed by atoms with van der Waals surface area (Å²) in [5.41, 5.74) is 0. The molecule has 20 atom stereocenters. The van der Waals surface area contributed by atoms with E-state index in [1.54, 1.807) is 0 Å². The smallest absolute Gasteiger partial charge is 0.335 e. The van der Waals surface area contributed by atoms with E-state index in [0.717, 1.165) is 0 Å². The van der Waals surface area contributed by atoms with E-state index in [1.807, 2.05) is 0 Å². The summed E-state index contributed by atoms with van der Waals surface area (Å²) in [6.45, 7) is -4.21. The van der Waals surface area contributed by atoms with Gasteiger partial charge in [-0.25, -0.2) is 24.0 Å². The average Bonchev–Trinajstić information content (AvgIpc) is 3.28. The number of carboxylic acids is 5. The van der Waals surface area contributed by atoms with Crippen molar-refractivity contribution in [2.75, 3.05) is 33.0 Å². The van der Waals surface area contributed by atoms with Crippen molar-refractivity contribution < 1.29 is 245 Å². The van der Waals surface area contributed by atoms with Crippen LogP contribution in [-0.2, 0) is 92.2 Å². The summed E-state index contributed by atoms with van der Waals surface area (Å²) < 4.78 is 0. The first-order valence-corrected chi connectivity index (χ1v) is 17.4. The third-order valence-electron chi connectivity index (χ3n) is 7.54. The summed E-state index contributed by atoms with van der Waals surface area (Å²) in [6.07, 6.45) is -39.2. The quantitative estimate of drug-likeness (QED) is 0.0377. The van der Waals surface area contributed by atoms with Crippen molar-refractivity contribution in [3.05, 3.63) is 0 Å². The third-order valence-corrected chi connectivity index (χ3v) is 7.54. The predicted octanol–water partition coefficient (Wildman–Crippen LogP) is -17.5. The molecule has 0 aromatic heterocycles. The third kappa shape index (κ3) is 35.3. The van der Waals surface area contributed by atoms with Crippen LogP contribution in [0.3, 0.4) is 0 Å². The summed E-state index contributed by atoms with van der Waals surface area (Å²) in [7, 11) is 0. The van der Waals surface area contributed by atoms with Gasteiger partial charge in [0, 0.05) is 68.3 Å². The van der Waals surface area contributed by atoms with Crippen LogP contribution in [0.4, 0.5) is 0 Å². The molecule has 0 fully saturated rings. The van der Waals surface area contributed by atoms with Crippen LogP contribution in [0.1, 0.15) is 0 Å². The molecule has 0 amide bonds. The summed E-state index contributed by atoms with van der Waals surface area (Å²) in [6, 6.07) is 0. The molecule has 0 rings (SSSR count). The van der Waals surface area contributed by atoms with Gasteiger partial charge in [0.1, 0.15) is 91.6 Å². The Kier molecular flexibility index (Phi) is 58.4. The van der Waals surface area contributed by atoms with Gasteiger partial charge < -0.3 is 153 Å². The van der Waals surface area contributed by atoms with E-state index >= 15 is 0 Å². The molecule has 0 aliphatic rings. The fourth-order valence-corrected chi connectivity index (χ4v) is 3.34. The molecule has 434 valence electrons. The Labute approximate surface area is 428 Å². The standard InChI is InChI=1S/5C6H12O7.4Cu/c5*7-1-2(8)3(9)4(10)5(11)6(12)13;;;;/h5*2-5,7-11H,1H2,(H,12,13);;;;/t5*2-,3-,4+,5-;;;;/m11111..../s1. The molecule has 0 saturated carbocycles. The van der Waals surface area contributed by atoms with Crippen LogP contribution in [0.15, 0.2) is 0 Å². The van der Waals surface area contributed by atoms with Crippen LogP contribution >= 0.6 is 0 Å². The molecule has 0 aromatic carbocycles. The normalized spacial score (nSPS) is 19.2. The minimum atomic E-state index is -2.20. The zero-order valence-electron chi connectivity index (χ0n) is 34.2. The van der Waals surface area contributed by atoms with Gasteiger partial charge in [-0.1, -0.05) is 0 Å². The molecule has 0 heterocycles. The number of aliphatic hydroxyl groups excluding tert-OH is 25. The van der Waals surface area contributed by atoms with Crippen LogP contribution in [-0.4, -0.2) is 338 Å². The molecule has 0 spiro atoms. The summed E-state index contributed by atoms with van der Waals surface area (Å²) >= 11 is 0. The van der Waals surface area contributed by atoms with Crippen molar-refractivity contribution in [3.63, 3.8) is 0 Å². The Bertz CT molecular complexity index is 1090. The van der Waals surface area contributed by atoms with Crippen LogP contribution in [0.5, 0.6) is 0 Å². The minimum absolute atomic E-state index is 0. The van der Waals surface area contributed by atoms with Gasteiger partial charge in [0.15, 0.2) is 30.5 Å². The molecule has 0 aliphatic carbocycles. The van der Waals surface area contributed by atoms with Gasteiger partial charge in [-0.05, 0) is 0 Å². The monoisotopic (exact) mass is 1230 g/mol. The number of carboxylic acid groups (broad SMARTS) is 5. The largest absolute Gasteiger partial charge is 0.479 e. The van der Waals surface area contributed by atoms with Crippen molar-refractivity contribution >= 4 is 29.8 Å². The van der Waals surface area contributed by atoms with Crippen molar-refractivity contribution in [1.29, 1.82) is 0 Å². The number of hydrogen-bond acceptors (Lipinski definition) is 30. The maximum absolute atomic E-state index is 10.1. The van der Waals surface area contributed by atoms with E-state index in [4.69, 9.17) is 153 Å². The second kappa shape index (κ2) is 46.2.